The summed E-state index contributed by atoms with van der Waals surface area (Å²) in [6.45, 7) is 4.38. The number of nitrogens with zero attached hydrogens (tertiary/aromatic N) is 1. The SMILES string of the molecule is CC/C=C\C1=C(C)C2(c3ccccc3-c3ccc(B(O)O)cc32)c2ccccc2N1c1ccccc1. The molecule has 0 aromatic heterocycles. The minimum atomic E-state index is -1.53. The number of hydrogen-bond acceptors (Lipinski definition) is 3. The molecule has 4 heteroatoms. The van der Waals surface area contributed by atoms with Gasteiger partial charge in [-0.1, -0.05) is 91.9 Å². The van der Waals surface area contributed by atoms with Crippen LogP contribution < -0.4 is 10.4 Å². The summed E-state index contributed by atoms with van der Waals surface area (Å²) in [5.74, 6) is 0. The Kier molecular flexibility index (Phi) is 5.44. The first kappa shape index (κ1) is 22.6. The second-order valence-electron chi connectivity index (χ2n) is 9.48. The zero-order valence-corrected chi connectivity index (χ0v) is 20.5. The largest absolute Gasteiger partial charge is 0.488 e. The van der Waals surface area contributed by atoms with Crippen LogP contribution in [-0.2, 0) is 5.41 Å². The Bertz CT molecular complexity index is 1520. The summed E-state index contributed by atoms with van der Waals surface area (Å²) in [5.41, 5.74) is 10.4. The van der Waals surface area contributed by atoms with Crippen LogP contribution in [0.5, 0.6) is 0 Å². The Labute approximate surface area is 212 Å². The molecule has 4 aromatic rings. The van der Waals surface area contributed by atoms with Gasteiger partial charge in [0.15, 0.2) is 0 Å². The van der Waals surface area contributed by atoms with Gasteiger partial charge >= 0.3 is 7.12 Å². The predicted octanol–water partition coefficient (Wildman–Crippen LogP) is 6.07. The lowest BCUT2D eigenvalue weighted by Gasteiger charge is -2.45. The van der Waals surface area contributed by atoms with E-state index in [2.05, 4.69) is 104 Å². The molecule has 3 nitrogen and oxygen atoms in total. The molecule has 0 saturated carbocycles. The summed E-state index contributed by atoms with van der Waals surface area (Å²) in [6, 6.07) is 33.6. The van der Waals surface area contributed by atoms with Crippen molar-refractivity contribution in [3.63, 3.8) is 0 Å². The molecule has 0 saturated heterocycles. The second-order valence-corrected chi connectivity index (χ2v) is 9.48. The van der Waals surface area contributed by atoms with Crippen molar-refractivity contribution >= 4 is 24.0 Å². The Morgan fingerprint density at radius 3 is 2.19 bits per heavy atom. The van der Waals surface area contributed by atoms with E-state index in [1.807, 2.05) is 24.3 Å². The van der Waals surface area contributed by atoms with Crippen LogP contribution in [0, 0.1) is 0 Å². The molecule has 6 rings (SSSR count). The van der Waals surface area contributed by atoms with Crippen LogP contribution in [0.1, 0.15) is 37.0 Å². The Morgan fingerprint density at radius 1 is 0.778 bits per heavy atom. The van der Waals surface area contributed by atoms with Gasteiger partial charge in [-0.25, -0.2) is 0 Å². The van der Waals surface area contributed by atoms with Crippen LogP contribution in [0.4, 0.5) is 11.4 Å². The van der Waals surface area contributed by atoms with E-state index >= 15 is 0 Å². The van der Waals surface area contributed by atoms with Gasteiger partial charge in [0, 0.05) is 11.4 Å². The van der Waals surface area contributed by atoms with Crippen LogP contribution in [0.2, 0.25) is 0 Å². The predicted molar refractivity (Wildman–Crippen MR) is 149 cm³/mol. The first-order valence-electron chi connectivity index (χ1n) is 12.5. The average Bonchev–Trinajstić information content (AvgIpc) is 3.21. The molecule has 1 spiro atoms. The van der Waals surface area contributed by atoms with Gasteiger partial charge in [0.2, 0.25) is 0 Å². The average molecular weight is 469 g/mol. The maximum Gasteiger partial charge on any atom is 0.488 e. The number of para-hydroxylation sites is 2. The molecule has 36 heavy (non-hydrogen) atoms. The third-order valence-corrected chi connectivity index (χ3v) is 7.63. The molecular formula is C32H28BNO2. The molecule has 1 aliphatic heterocycles. The van der Waals surface area contributed by atoms with E-state index in [4.69, 9.17) is 0 Å². The standard InChI is InChI=1S/C32H28BNO2/c1-3-4-17-30-22(2)32(28-16-10-11-18-31(28)34(30)24-12-6-5-7-13-24)27-15-9-8-14-25(27)26-20-19-23(33(35)36)21-29(26)32/h4-21,35-36H,3H2,1-2H3/b17-4-. The highest BCUT2D eigenvalue weighted by atomic mass is 16.4. The van der Waals surface area contributed by atoms with E-state index in [0.717, 1.165) is 34.6 Å². The van der Waals surface area contributed by atoms with E-state index in [1.54, 1.807) is 0 Å². The monoisotopic (exact) mass is 469 g/mol. The molecule has 1 aliphatic carbocycles. The van der Waals surface area contributed by atoms with Crippen molar-refractivity contribution in [2.75, 3.05) is 4.90 Å². The number of fused-ring (bicyclic) bond motifs is 7. The van der Waals surface area contributed by atoms with Crippen molar-refractivity contribution in [2.45, 2.75) is 25.7 Å². The highest BCUT2D eigenvalue weighted by Crippen LogP contribution is 2.61. The molecule has 1 atom stereocenters. The first-order chi connectivity index (χ1) is 17.6. The van der Waals surface area contributed by atoms with Gasteiger partial charge in [-0.2, -0.15) is 0 Å². The molecule has 0 bridgehead atoms. The van der Waals surface area contributed by atoms with E-state index in [0.29, 0.717) is 5.46 Å². The van der Waals surface area contributed by atoms with E-state index < -0.39 is 12.5 Å². The lowest BCUT2D eigenvalue weighted by Crippen LogP contribution is -2.39. The number of rotatable bonds is 4. The highest BCUT2D eigenvalue weighted by molar-refractivity contribution is 6.58. The summed E-state index contributed by atoms with van der Waals surface area (Å²) in [4.78, 5) is 2.35. The smallest absolute Gasteiger partial charge is 0.423 e. The normalized spacial score (nSPS) is 17.9. The van der Waals surface area contributed by atoms with Gasteiger partial charge in [-0.3, -0.25) is 0 Å². The molecule has 0 radical (unpaired) electrons. The Morgan fingerprint density at radius 2 is 1.44 bits per heavy atom. The Balaban J connectivity index is 1.78. The number of allylic oxidation sites excluding steroid dienone is 3. The van der Waals surface area contributed by atoms with Crippen molar-refractivity contribution in [2.24, 2.45) is 0 Å². The summed E-state index contributed by atoms with van der Waals surface area (Å²) < 4.78 is 0. The number of hydrogen-bond donors (Lipinski definition) is 2. The summed E-state index contributed by atoms with van der Waals surface area (Å²) in [6.07, 6.45) is 5.39. The quantitative estimate of drug-likeness (QED) is 0.357. The fourth-order valence-corrected chi connectivity index (χ4v) is 6.11. The van der Waals surface area contributed by atoms with Gasteiger partial charge in [0.1, 0.15) is 0 Å². The van der Waals surface area contributed by atoms with E-state index in [1.165, 1.54) is 22.3 Å². The first-order valence-corrected chi connectivity index (χ1v) is 12.5. The summed E-state index contributed by atoms with van der Waals surface area (Å²) in [5, 5.41) is 20.2. The van der Waals surface area contributed by atoms with E-state index in [9.17, 15) is 10.0 Å². The van der Waals surface area contributed by atoms with Gasteiger partial charge in [-0.15, -0.1) is 0 Å². The fourth-order valence-electron chi connectivity index (χ4n) is 6.11. The summed E-state index contributed by atoms with van der Waals surface area (Å²) in [7, 11) is -1.53. The second kappa shape index (κ2) is 8.67. The van der Waals surface area contributed by atoms with Crippen molar-refractivity contribution in [1.29, 1.82) is 0 Å². The van der Waals surface area contributed by atoms with Crippen molar-refractivity contribution in [3.05, 3.63) is 137 Å². The topological polar surface area (TPSA) is 43.7 Å². The summed E-state index contributed by atoms with van der Waals surface area (Å²) >= 11 is 0. The van der Waals surface area contributed by atoms with Crippen molar-refractivity contribution in [1.82, 2.24) is 0 Å². The van der Waals surface area contributed by atoms with Crippen molar-refractivity contribution < 1.29 is 10.0 Å². The molecule has 2 aliphatic rings. The third kappa shape index (κ3) is 3.08. The van der Waals surface area contributed by atoms with Gasteiger partial charge in [-0.05, 0) is 76.5 Å². The fraction of sp³-hybridized carbons (Fsp3) is 0.125. The number of anilines is 2. The van der Waals surface area contributed by atoms with Crippen molar-refractivity contribution in [3.8, 4) is 11.1 Å². The lowest BCUT2D eigenvalue weighted by molar-refractivity contribution is 0.425. The minimum absolute atomic E-state index is 0.502. The van der Waals surface area contributed by atoms with Crippen LogP contribution >= 0.6 is 0 Å². The van der Waals surface area contributed by atoms with Gasteiger partial charge in [0.05, 0.1) is 11.1 Å². The molecule has 176 valence electrons. The molecule has 2 N–H and O–H groups in total. The van der Waals surface area contributed by atoms with Crippen LogP contribution in [0.15, 0.2) is 120 Å². The van der Waals surface area contributed by atoms with Gasteiger partial charge < -0.3 is 14.9 Å². The zero-order chi connectivity index (χ0) is 24.9. The maximum absolute atomic E-state index is 10.1. The zero-order valence-electron chi connectivity index (χ0n) is 20.5. The Hall–Kier alpha value is -3.86. The third-order valence-electron chi connectivity index (χ3n) is 7.63. The number of benzene rings is 4. The molecular weight excluding hydrogens is 441 g/mol. The molecule has 1 heterocycles. The highest BCUT2D eigenvalue weighted by Gasteiger charge is 2.51. The van der Waals surface area contributed by atoms with E-state index in [-0.39, 0.29) is 0 Å². The van der Waals surface area contributed by atoms with Crippen LogP contribution in [0.3, 0.4) is 0 Å². The lowest BCUT2D eigenvalue weighted by atomic mass is 9.63. The van der Waals surface area contributed by atoms with Crippen LogP contribution in [-0.4, -0.2) is 17.2 Å². The molecule has 4 aromatic carbocycles. The molecule has 0 fully saturated rings. The van der Waals surface area contributed by atoms with Gasteiger partial charge in [0.25, 0.3) is 0 Å². The maximum atomic E-state index is 10.1. The molecule has 0 amide bonds. The van der Waals surface area contributed by atoms with Crippen LogP contribution in [0.25, 0.3) is 11.1 Å². The molecule has 1 unspecified atom stereocenters. The minimum Gasteiger partial charge on any atom is -0.423 e.